The van der Waals surface area contributed by atoms with E-state index in [9.17, 15) is 24.0 Å². The van der Waals surface area contributed by atoms with E-state index in [0.29, 0.717) is 57.5 Å². The number of nitrogens with one attached hydrogen (secondary N) is 2. The van der Waals surface area contributed by atoms with Crippen LogP contribution < -0.4 is 27.0 Å². The number of benzene rings is 3. The second-order valence-corrected chi connectivity index (χ2v) is 12.1. The molecule has 3 aromatic carbocycles. The fourth-order valence-electron chi connectivity index (χ4n) is 6.07. The molecule has 12 heteroatoms. The number of hydrogen-bond donors (Lipinski definition) is 4. The Morgan fingerprint density at radius 3 is 2.35 bits per heavy atom. The number of nitrogens with two attached hydrogens (primary N) is 2. The first-order valence-corrected chi connectivity index (χ1v) is 18.0. The summed E-state index contributed by atoms with van der Waals surface area (Å²) in [4.78, 5) is 60.5. The van der Waals surface area contributed by atoms with Gasteiger partial charge in [-0.25, -0.2) is 0 Å². The predicted octanol–water partition coefficient (Wildman–Crippen LogP) is 4.58. The normalized spacial score (nSPS) is 15.8. The zero-order valence-corrected chi connectivity index (χ0v) is 33.7. The van der Waals surface area contributed by atoms with E-state index in [0.717, 1.165) is 40.6 Å². The fraction of sp³-hybridized carbons (Fsp3) is 0.475. The van der Waals surface area contributed by atoms with Crippen molar-refractivity contribution in [3.63, 3.8) is 0 Å². The maximum atomic E-state index is 13.4. The minimum Gasteiger partial charge on any atom is -0.520 e. The smallest absolute Gasteiger partial charge is 0.247 e. The van der Waals surface area contributed by atoms with Crippen molar-refractivity contribution in [3.05, 3.63) is 76.9 Å². The number of primary amides is 1. The molecule has 0 bridgehead atoms. The number of para-hydroxylation sites is 1. The van der Waals surface area contributed by atoms with Gasteiger partial charge >= 0.3 is 0 Å². The molecule has 0 aromatic heterocycles. The van der Waals surface area contributed by atoms with Crippen molar-refractivity contribution in [2.75, 3.05) is 18.5 Å². The van der Waals surface area contributed by atoms with Crippen molar-refractivity contribution in [1.82, 2.24) is 10.6 Å². The van der Waals surface area contributed by atoms with Gasteiger partial charge in [0.05, 0.1) is 24.4 Å². The van der Waals surface area contributed by atoms with Crippen molar-refractivity contribution >= 4 is 46.4 Å². The Hall–Kier alpha value is -5.61. The zero-order chi connectivity index (χ0) is 37.9. The number of carbonyl (C=O) groups is 4. The van der Waals surface area contributed by atoms with Crippen LogP contribution in [0.15, 0.2) is 54.6 Å². The second kappa shape index (κ2) is 23.0. The van der Waals surface area contributed by atoms with E-state index < -0.39 is 12.1 Å². The van der Waals surface area contributed by atoms with Crippen molar-refractivity contribution < 1.29 is 28.7 Å². The number of ether oxygens (including phenoxy) is 1. The molecule has 11 nitrogen and oxygen atoms in total. The third-order valence-electron chi connectivity index (χ3n) is 8.72. The van der Waals surface area contributed by atoms with Gasteiger partial charge in [0.2, 0.25) is 17.7 Å². The van der Waals surface area contributed by atoms with Crippen molar-refractivity contribution in [2.24, 2.45) is 11.5 Å². The quantitative estimate of drug-likeness (QED) is 0.135. The molecule has 290 valence electrons. The van der Waals surface area contributed by atoms with Crippen LogP contribution in [0.5, 0.6) is 0 Å². The van der Waals surface area contributed by atoms with Gasteiger partial charge in [0, 0.05) is 32.2 Å². The SMILES string of the molecule is CC.CCC(=O)CCCc1cccc2cc(COC(C)CNC(=O)C3Cc4cccc5c4N3C(=O)C(N[C-]=O)CC5)ccc12.CCC(N)=O.CN.[Fm]. The number of amides is 4. The Morgan fingerprint density at radius 2 is 1.69 bits per heavy atom. The van der Waals surface area contributed by atoms with Crippen LogP contribution in [-0.2, 0) is 54.6 Å². The van der Waals surface area contributed by atoms with Crippen LogP contribution in [0.1, 0.15) is 89.0 Å². The Balaban J connectivity index is 0.00000123. The van der Waals surface area contributed by atoms with Gasteiger partial charge in [0.15, 0.2) is 0 Å². The first-order valence-electron chi connectivity index (χ1n) is 18.0. The number of rotatable bonds is 14. The van der Waals surface area contributed by atoms with Crippen molar-refractivity contribution in [2.45, 2.75) is 111 Å². The maximum Gasteiger partial charge on any atom is 0.247 e. The summed E-state index contributed by atoms with van der Waals surface area (Å²) in [5, 5.41) is 7.82. The molecule has 5 rings (SSSR count). The fourth-order valence-corrected chi connectivity index (χ4v) is 6.07. The third kappa shape index (κ3) is 12.0. The third-order valence-corrected chi connectivity index (χ3v) is 8.72. The summed E-state index contributed by atoms with van der Waals surface area (Å²) in [7, 11) is 1.50. The summed E-state index contributed by atoms with van der Waals surface area (Å²) in [5.74, 6) is -0.460. The maximum absolute atomic E-state index is 13.4. The number of carbonyl (C=O) groups excluding carboxylic acids is 5. The minimum absolute atomic E-state index is 0. The summed E-state index contributed by atoms with van der Waals surface area (Å²) in [6, 6.07) is 17.1. The Morgan fingerprint density at radius 1 is 1.02 bits per heavy atom. The summed E-state index contributed by atoms with van der Waals surface area (Å²) in [6.45, 7) is 10.3. The molecular formula is C40H56FmN5O6-. The molecular weight excluding hydrogens is 903 g/mol. The van der Waals surface area contributed by atoms with Gasteiger partial charge in [-0.05, 0) is 78.7 Å². The standard InChI is InChI=1S/C34H38N3O5.C3H7NO.C2H6.CH5N.Fm/c1-3-28(39)12-6-8-24-7-4-10-26-17-23(13-15-29(24)26)20-42-22(2)19-35-33(40)31-18-27-11-5-9-25-14-16-30(36-21-38)34(41)37(31)32(25)27;1-2-3(4)5;2*1-2;/h4-5,7,9-11,13,15,17,22,30-31H,3,6,8,12,14,16,18-20H2,1-2H3,(H,35,40)(H,36,38);2H2,1H3,(H2,4,5);1-2H3;2H2,1H3;/q-1;;;;. The number of nitrogens with zero attached hydrogens (tertiary/aromatic N) is 1. The van der Waals surface area contributed by atoms with Crippen LogP contribution in [0, 0.1) is 0 Å². The minimum atomic E-state index is -0.707. The Bertz CT molecular complexity index is 1620. The van der Waals surface area contributed by atoms with E-state index in [-0.39, 0.29) is 23.8 Å². The predicted molar refractivity (Wildman–Crippen MR) is 203 cm³/mol. The average molecular weight is 960 g/mol. The number of fused-ring (bicyclic) bond motifs is 1. The average Bonchev–Trinajstić information content (AvgIpc) is 3.50. The summed E-state index contributed by atoms with van der Waals surface area (Å²) < 4.78 is 6.07. The van der Waals surface area contributed by atoms with Gasteiger partial charge < -0.3 is 31.6 Å². The van der Waals surface area contributed by atoms with E-state index in [4.69, 9.17) is 4.74 Å². The molecule has 3 atom stereocenters. The van der Waals surface area contributed by atoms with E-state index in [1.54, 1.807) is 18.2 Å². The molecule has 0 saturated heterocycles. The van der Waals surface area contributed by atoms with Gasteiger partial charge in [-0.1, -0.05) is 76.2 Å². The number of aryl methyl sites for hydroxylation is 2. The summed E-state index contributed by atoms with van der Waals surface area (Å²) >= 11 is 0. The summed E-state index contributed by atoms with van der Waals surface area (Å²) in [5.41, 5.74) is 14.2. The number of anilines is 1. The van der Waals surface area contributed by atoms with Gasteiger partial charge in [-0.15, -0.1) is 0 Å². The van der Waals surface area contributed by atoms with E-state index in [1.807, 2.05) is 45.9 Å². The molecule has 0 radical (unpaired) electrons. The number of hydrogen-bond acceptors (Lipinski definition) is 7. The number of Topliss-reactive ketones (excluding diaryl/α,β-unsaturated/α-hetero) is 1. The Kier molecular flexibility index (Phi) is 19.6. The molecule has 2 aliphatic heterocycles. The summed E-state index contributed by atoms with van der Waals surface area (Å²) in [6.07, 6.45) is 6.32. The van der Waals surface area contributed by atoms with Crippen LogP contribution in [0.4, 0.5) is 5.69 Å². The van der Waals surface area contributed by atoms with Crippen LogP contribution in [0.3, 0.4) is 0 Å². The molecule has 2 aliphatic rings. The molecule has 3 unspecified atom stereocenters. The van der Waals surface area contributed by atoms with Crippen LogP contribution >= 0.6 is 0 Å². The first-order chi connectivity index (χ1) is 24.7. The molecule has 3 aromatic rings. The number of ketones is 1. The molecule has 0 fully saturated rings. The second-order valence-electron chi connectivity index (χ2n) is 12.1. The van der Waals surface area contributed by atoms with Crippen LogP contribution in [0.25, 0.3) is 10.8 Å². The van der Waals surface area contributed by atoms with Crippen molar-refractivity contribution in [3.8, 4) is 0 Å². The van der Waals surface area contributed by atoms with Crippen LogP contribution in [0.2, 0.25) is 0 Å². The largest absolute Gasteiger partial charge is 0.520 e. The van der Waals surface area contributed by atoms with Gasteiger partial charge in [-0.3, -0.25) is 24.1 Å². The molecule has 0 aliphatic carbocycles. The van der Waals surface area contributed by atoms with Gasteiger partial charge in [0.25, 0.3) is 0 Å². The molecule has 2 heterocycles. The molecule has 4 amide bonds. The van der Waals surface area contributed by atoms with E-state index in [1.165, 1.54) is 18.0 Å². The Labute approximate surface area is 302 Å². The van der Waals surface area contributed by atoms with Gasteiger partial charge in [0.1, 0.15) is 11.8 Å². The zero-order valence-electron chi connectivity index (χ0n) is 31.3. The molecule has 52 heavy (non-hydrogen) atoms. The monoisotopic (exact) mass is 960 g/mol. The first kappa shape index (κ1) is 44.4. The van der Waals surface area contributed by atoms with E-state index >= 15 is 0 Å². The molecule has 6 N–H and O–H groups in total. The van der Waals surface area contributed by atoms with Crippen LogP contribution in [-0.4, -0.2) is 61.7 Å². The topological polar surface area (TPSA) is 174 Å². The van der Waals surface area contributed by atoms with Crippen molar-refractivity contribution in [1.29, 1.82) is 0 Å². The van der Waals surface area contributed by atoms with E-state index in [2.05, 4.69) is 58.5 Å². The molecule has 0 spiro atoms. The molecule has 0 saturated carbocycles. The van der Waals surface area contributed by atoms with Gasteiger partial charge in [-0.2, -0.15) is 6.41 Å².